The van der Waals surface area contributed by atoms with E-state index < -0.39 is 39.6 Å². The third-order valence-corrected chi connectivity index (χ3v) is 2.63. The Kier molecular flexibility index (Phi) is 3.94. The summed E-state index contributed by atoms with van der Waals surface area (Å²) in [5, 5.41) is 12.8. The van der Waals surface area contributed by atoms with Crippen LogP contribution >= 0.6 is 11.6 Å². The van der Waals surface area contributed by atoms with Crippen molar-refractivity contribution < 1.29 is 18.1 Å². The van der Waals surface area contributed by atoms with Gasteiger partial charge in [-0.3, -0.25) is 10.1 Å². The molecule has 0 aliphatic carbocycles. The van der Waals surface area contributed by atoms with Crippen LogP contribution in [0.3, 0.4) is 0 Å². The molecular weight excluding hydrogens is 313 g/mol. The summed E-state index contributed by atoms with van der Waals surface area (Å²) < 4.78 is 39.8. The van der Waals surface area contributed by atoms with Crippen LogP contribution in [0, 0.1) is 34.5 Å². The van der Waals surface area contributed by atoms with Gasteiger partial charge in [0.2, 0.25) is 11.1 Å². The molecule has 0 unspecified atom stereocenters. The zero-order chi connectivity index (χ0) is 15.7. The summed E-state index contributed by atoms with van der Waals surface area (Å²) in [4.78, 5) is 17.3. The Labute approximate surface area is 120 Å². The number of aryl methyl sites for hydroxylation is 1. The maximum Gasteiger partial charge on any atom is 0.332 e. The molecule has 0 atom stereocenters. The first-order valence-electron chi connectivity index (χ1n) is 5.39. The number of nitrogens with one attached hydrogen (secondary N) is 1. The molecule has 0 amide bonds. The average molecular weight is 319 g/mol. The average Bonchev–Trinajstić information content (AvgIpc) is 2.33. The van der Waals surface area contributed by atoms with Gasteiger partial charge in [-0.25, -0.2) is 18.2 Å². The Morgan fingerprint density at radius 1 is 1.29 bits per heavy atom. The van der Waals surface area contributed by atoms with Gasteiger partial charge in [-0.15, -0.1) is 0 Å². The molecule has 0 radical (unpaired) electrons. The van der Waals surface area contributed by atoms with Crippen molar-refractivity contribution in [1.29, 1.82) is 0 Å². The van der Waals surface area contributed by atoms with E-state index in [0.29, 0.717) is 12.1 Å². The van der Waals surface area contributed by atoms with Gasteiger partial charge in [-0.1, -0.05) is 0 Å². The molecule has 6 nitrogen and oxygen atoms in total. The summed E-state index contributed by atoms with van der Waals surface area (Å²) in [7, 11) is 0. The highest BCUT2D eigenvalue weighted by Crippen LogP contribution is 2.31. The van der Waals surface area contributed by atoms with Crippen molar-refractivity contribution in [3.63, 3.8) is 0 Å². The van der Waals surface area contributed by atoms with Crippen LogP contribution in [0.5, 0.6) is 0 Å². The molecule has 0 bridgehead atoms. The maximum atomic E-state index is 13.6. The molecule has 10 heteroatoms. The van der Waals surface area contributed by atoms with Crippen molar-refractivity contribution in [3.8, 4) is 0 Å². The number of rotatable bonds is 3. The maximum absolute atomic E-state index is 13.6. The predicted molar refractivity (Wildman–Crippen MR) is 68.0 cm³/mol. The fraction of sp³-hybridized carbons (Fsp3) is 0.0909. The summed E-state index contributed by atoms with van der Waals surface area (Å²) in [5.41, 5.74) is -1.31. The van der Waals surface area contributed by atoms with Crippen LogP contribution in [0.4, 0.5) is 30.4 Å². The van der Waals surface area contributed by atoms with Gasteiger partial charge in [0, 0.05) is 12.1 Å². The Morgan fingerprint density at radius 2 is 1.95 bits per heavy atom. The van der Waals surface area contributed by atoms with Crippen molar-refractivity contribution in [2.45, 2.75) is 6.92 Å². The number of nitrogens with zero attached hydrogens (tertiary/aromatic N) is 3. The predicted octanol–water partition coefficient (Wildman–Crippen LogP) is 3.51. The van der Waals surface area contributed by atoms with Crippen molar-refractivity contribution in [3.05, 3.63) is 50.7 Å². The zero-order valence-electron chi connectivity index (χ0n) is 10.3. The summed E-state index contributed by atoms with van der Waals surface area (Å²) in [6.07, 6.45) is 0. The molecule has 0 fully saturated rings. The first-order chi connectivity index (χ1) is 9.79. The van der Waals surface area contributed by atoms with Gasteiger partial charge < -0.3 is 5.32 Å². The lowest BCUT2D eigenvalue weighted by Gasteiger charge is -2.09. The number of hydrogen-bond donors (Lipinski definition) is 1. The fourth-order valence-electron chi connectivity index (χ4n) is 1.61. The van der Waals surface area contributed by atoms with Crippen LogP contribution in [-0.2, 0) is 0 Å². The molecule has 2 rings (SSSR count). The van der Waals surface area contributed by atoms with Crippen LogP contribution in [0.25, 0.3) is 0 Å². The van der Waals surface area contributed by atoms with Crippen LogP contribution in [0.15, 0.2) is 12.1 Å². The van der Waals surface area contributed by atoms with Crippen molar-refractivity contribution in [1.82, 2.24) is 9.97 Å². The molecule has 0 spiro atoms. The highest BCUT2D eigenvalue weighted by atomic mass is 35.5. The zero-order valence-corrected chi connectivity index (χ0v) is 11.1. The second-order valence-corrected chi connectivity index (χ2v) is 4.24. The fourth-order valence-corrected chi connectivity index (χ4v) is 1.82. The first-order valence-corrected chi connectivity index (χ1v) is 5.77. The van der Waals surface area contributed by atoms with Gasteiger partial charge in [0.05, 0.1) is 10.6 Å². The topological polar surface area (TPSA) is 81.0 Å². The molecule has 1 N–H and O–H groups in total. The summed E-state index contributed by atoms with van der Waals surface area (Å²) in [5.74, 6) is -4.38. The largest absolute Gasteiger partial charge is 0.332 e. The van der Waals surface area contributed by atoms with E-state index in [1.54, 1.807) is 0 Å². The van der Waals surface area contributed by atoms with E-state index >= 15 is 0 Å². The van der Waals surface area contributed by atoms with E-state index in [2.05, 4.69) is 15.3 Å². The molecule has 0 saturated heterocycles. The van der Waals surface area contributed by atoms with Crippen molar-refractivity contribution in [2.24, 2.45) is 0 Å². The summed E-state index contributed by atoms with van der Waals surface area (Å²) in [6.45, 7) is 1.29. The smallest absolute Gasteiger partial charge is 0.332 e. The highest BCUT2D eigenvalue weighted by Gasteiger charge is 2.23. The molecule has 110 valence electrons. The van der Waals surface area contributed by atoms with Crippen LogP contribution in [-0.4, -0.2) is 14.9 Å². The monoisotopic (exact) mass is 318 g/mol. The molecule has 1 heterocycles. The minimum absolute atomic E-state index is 0.0835. The number of anilines is 2. The van der Waals surface area contributed by atoms with Crippen LogP contribution in [0.1, 0.15) is 5.69 Å². The Bertz CT molecular complexity index is 742. The molecule has 1 aromatic heterocycles. The van der Waals surface area contributed by atoms with Crippen LogP contribution < -0.4 is 5.32 Å². The molecule has 0 saturated carbocycles. The van der Waals surface area contributed by atoms with Gasteiger partial charge in [0.1, 0.15) is 11.5 Å². The van der Waals surface area contributed by atoms with Crippen molar-refractivity contribution >= 4 is 28.8 Å². The van der Waals surface area contributed by atoms with E-state index in [0.717, 1.165) is 0 Å². The normalized spacial score (nSPS) is 10.5. The van der Waals surface area contributed by atoms with E-state index in [9.17, 15) is 23.3 Å². The second-order valence-electron chi connectivity index (χ2n) is 3.91. The van der Waals surface area contributed by atoms with Crippen LogP contribution in [0.2, 0.25) is 5.28 Å². The van der Waals surface area contributed by atoms with Gasteiger partial charge in [-0.2, -0.15) is 4.98 Å². The van der Waals surface area contributed by atoms with Crippen molar-refractivity contribution in [2.75, 3.05) is 5.32 Å². The third kappa shape index (κ3) is 3.02. The number of benzene rings is 1. The van der Waals surface area contributed by atoms with E-state index in [4.69, 9.17) is 11.6 Å². The lowest BCUT2D eigenvalue weighted by atomic mass is 10.2. The number of nitro groups is 1. The Morgan fingerprint density at radius 3 is 2.57 bits per heavy atom. The first kappa shape index (κ1) is 15.0. The minimum Gasteiger partial charge on any atom is -0.332 e. The highest BCUT2D eigenvalue weighted by molar-refractivity contribution is 6.28. The Hall–Kier alpha value is -2.42. The molecule has 2 aromatic rings. The SMILES string of the molecule is Cc1nc(Cl)nc(Nc2cc(F)cc(F)c2F)c1[N+](=O)[O-]. The van der Waals surface area contributed by atoms with Gasteiger partial charge >= 0.3 is 5.69 Å². The van der Waals surface area contributed by atoms with Gasteiger partial charge in [0.25, 0.3) is 0 Å². The molecule has 0 aliphatic rings. The third-order valence-electron chi connectivity index (χ3n) is 2.46. The summed E-state index contributed by atoms with van der Waals surface area (Å²) >= 11 is 5.57. The van der Waals surface area contributed by atoms with Gasteiger partial charge in [-0.05, 0) is 18.5 Å². The number of hydrogen-bond acceptors (Lipinski definition) is 5. The van der Waals surface area contributed by atoms with Gasteiger partial charge in [0.15, 0.2) is 11.6 Å². The van der Waals surface area contributed by atoms with E-state index in [-0.39, 0.29) is 11.0 Å². The van der Waals surface area contributed by atoms with E-state index in [1.807, 2.05) is 0 Å². The molecule has 21 heavy (non-hydrogen) atoms. The lowest BCUT2D eigenvalue weighted by Crippen LogP contribution is -2.06. The molecule has 0 aliphatic heterocycles. The minimum atomic E-state index is -1.45. The van der Waals surface area contributed by atoms with E-state index in [1.165, 1.54) is 6.92 Å². The molecule has 1 aromatic carbocycles. The number of halogens is 4. The Balaban J connectivity index is 2.57. The standard InChI is InChI=1S/C11H6ClF3N4O2/c1-4-9(19(20)21)10(18-11(12)16-4)17-7-3-5(13)2-6(14)8(7)15/h2-3H,1H3,(H,16,17,18). The quantitative estimate of drug-likeness (QED) is 0.405. The molecular formula is C11H6ClF3N4O2. The lowest BCUT2D eigenvalue weighted by molar-refractivity contribution is -0.385. The summed E-state index contributed by atoms with van der Waals surface area (Å²) in [6, 6.07) is 0.973. The second kappa shape index (κ2) is 5.52. The number of aromatic nitrogens is 2.